The lowest BCUT2D eigenvalue weighted by Gasteiger charge is -2.06. The number of ether oxygens (including phenoxy) is 1. The van der Waals surface area contributed by atoms with Gasteiger partial charge in [-0.3, -0.25) is 4.79 Å². The van der Waals surface area contributed by atoms with E-state index in [1.165, 1.54) is 18.3 Å². The Morgan fingerprint density at radius 3 is 2.48 bits per heavy atom. The average molecular weight is 493 g/mol. The first-order valence-corrected chi connectivity index (χ1v) is 9.87. The molecule has 0 unspecified atom stereocenters. The summed E-state index contributed by atoms with van der Waals surface area (Å²) in [6, 6.07) is 11.2. The Kier molecular flexibility index (Phi) is 7.33. The normalized spacial score (nSPS) is 11.1. The van der Waals surface area contributed by atoms with E-state index in [9.17, 15) is 4.79 Å². The van der Waals surface area contributed by atoms with Gasteiger partial charge in [0.1, 0.15) is 17.3 Å². The first kappa shape index (κ1) is 21.8. The summed E-state index contributed by atoms with van der Waals surface area (Å²) in [5.41, 5.74) is 2.90. The standard InChI is InChI=1S/C19H11Cl5N2O3/c20-10-1-3-18(16(24)5-10)28-9-19(27)26-25-8-11-2-4-17(29-11)12-6-14(22)15(23)7-13(12)21/h1-8H,9H2,(H,26,27)/b25-8+. The van der Waals surface area contributed by atoms with Crippen molar-refractivity contribution < 1.29 is 13.9 Å². The highest BCUT2D eigenvalue weighted by Crippen LogP contribution is 2.35. The van der Waals surface area contributed by atoms with Crippen molar-refractivity contribution in [1.29, 1.82) is 0 Å². The molecule has 0 atom stereocenters. The van der Waals surface area contributed by atoms with Gasteiger partial charge in [0.2, 0.25) is 0 Å². The minimum atomic E-state index is -0.480. The van der Waals surface area contributed by atoms with E-state index < -0.39 is 5.91 Å². The lowest BCUT2D eigenvalue weighted by atomic mass is 10.2. The second-order valence-corrected chi connectivity index (χ2v) is 7.67. The second kappa shape index (κ2) is 9.74. The van der Waals surface area contributed by atoms with Gasteiger partial charge in [-0.2, -0.15) is 5.10 Å². The van der Waals surface area contributed by atoms with Crippen LogP contribution in [0.4, 0.5) is 0 Å². The lowest BCUT2D eigenvalue weighted by Crippen LogP contribution is -2.24. The van der Waals surface area contributed by atoms with Crippen LogP contribution in [0.25, 0.3) is 11.3 Å². The molecule has 3 rings (SSSR count). The Labute approximate surface area is 191 Å². The molecule has 1 amide bonds. The third kappa shape index (κ3) is 5.81. The Balaban J connectivity index is 1.57. The molecule has 0 radical (unpaired) electrons. The Morgan fingerprint density at radius 2 is 1.72 bits per heavy atom. The first-order chi connectivity index (χ1) is 13.8. The van der Waals surface area contributed by atoms with Crippen LogP contribution in [0.5, 0.6) is 5.75 Å². The fraction of sp³-hybridized carbons (Fsp3) is 0.0526. The van der Waals surface area contributed by atoms with Crippen LogP contribution in [-0.4, -0.2) is 18.7 Å². The molecule has 2 aromatic carbocycles. The summed E-state index contributed by atoms with van der Waals surface area (Å²) >= 11 is 29.9. The number of benzene rings is 2. The molecule has 0 bridgehead atoms. The zero-order valence-corrected chi connectivity index (χ0v) is 18.2. The van der Waals surface area contributed by atoms with E-state index in [-0.39, 0.29) is 6.61 Å². The highest BCUT2D eigenvalue weighted by molar-refractivity contribution is 6.44. The molecular formula is C19H11Cl5N2O3. The monoisotopic (exact) mass is 490 g/mol. The van der Waals surface area contributed by atoms with Crippen LogP contribution in [-0.2, 0) is 4.79 Å². The summed E-state index contributed by atoms with van der Waals surface area (Å²) in [5.74, 6) is 0.724. The van der Waals surface area contributed by atoms with Crippen LogP contribution in [0.1, 0.15) is 5.76 Å². The molecule has 150 valence electrons. The number of carbonyl (C=O) groups is 1. The van der Waals surface area contributed by atoms with Crippen molar-refractivity contribution >= 4 is 70.1 Å². The van der Waals surface area contributed by atoms with E-state index in [0.29, 0.717) is 47.9 Å². The number of nitrogens with zero attached hydrogens (tertiary/aromatic N) is 1. The number of nitrogens with one attached hydrogen (secondary N) is 1. The highest BCUT2D eigenvalue weighted by atomic mass is 35.5. The maximum absolute atomic E-state index is 11.8. The zero-order valence-electron chi connectivity index (χ0n) is 14.4. The van der Waals surface area contributed by atoms with Crippen LogP contribution in [0.15, 0.2) is 52.0 Å². The molecule has 0 saturated carbocycles. The molecule has 0 aliphatic heterocycles. The maximum atomic E-state index is 11.8. The van der Waals surface area contributed by atoms with E-state index in [0.717, 1.165) is 0 Å². The number of hydrogen-bond donors (Lipinski definition) is 1. The molecule has 0 fully saturated rings. The van der Waals surface area contributed by atoms with Crippen molar-refractivity contribution in [2.24, 2.45) is 5.10 Å². The van der Waals surface area contributed by atoms with Crippen molar-refractivity contribution in [2.45, 2.75) is 0 Å². The van der Waals surface area contributed by atoms with Crippen LogP contribution < -0.4 is 10.2 Å². The number of hydrazone groups is 1. The van der Waals surface area contributed by atoms with E-state index in [1.807, 2.05) is 0 Å². The van der Waals surface area contributed by atoms with Gasteiger partial charge in [0, 0.05) is 10.6 Å². The van der Waals surface area contributed by atoms with Gasteiger partial charge in [-0.25, -0.2) is 5.43 Å². The van der Waals surface area contributed by atoms with Crippen LogP contribution >= 0.6 is 58.0 Å². The number of furan rings is 1. The molecule has 1 N–H and O–H groups in total. The Hall–Kier alpha value is -1.89. The Bertz CT molecular complexity index is 1080. The largest absolute Gasteiger partial charge is 0.482 e. The summed E-state index contributed by atoms with van der Waals surface area (Å²) in [6.07, 6.45) is 1.34. The van der Waals surface area contributed by atoms with Crippen LogP contribution in [0.2, 0.25) is 25.1 Å². The molecular weight excluding hydrogens is 481 g/mol. The van der Waals surface area contributed by atoms with E-state index in [4.69, 9.17) is 67.2 Å². The molecule has 5 nitrogen and oxygen atoms in total. The quantitative estimate of drug-likeness (QED) is 0.235. The number of halogens is 5. The summed E-state index contributed by atoms with van der Waals surface area (Å²) in [6.45, 7) is -0.277. The number of carbonyl (C=O) groups excluding carboxylic acids is 1. The van der Waals surface area contributed by atoms with E-state index in [1.54, 1.807) is 30.3 Å². The predicted octanol–water partition coefficient (Wildman–Crippen LogP) is 6.74. The van der Waals surface area contributed by atoms with Gasteiger partial charge in [0.25, 0.3) is 5.91 Å². The minimum absolute atomic E-state index is 0.277. The Morgan fingerprint density at radius 1 is 0.966 bits per heavy atom. The van der Waals surface area contributed by atoms with Gasteiger partial charge < -0.3 is 9.15 Å². The third-order valence-electron chi connectivity index (χ3n) is 3.54. The SMILES string of the molecule is O=C(COc1ccc(Cl)cc1Cl)N/N=C/c1ccc(-c2cc(Cl)c(Cl)cc2Cl)o1. The zero-order chi connectivity index (χ0) is 21.0. The fourth-order valence-corrected chi connectivity index (χ4v) is 3.32. The van der Waals surface area contributed by atoms with Crippen LogP contribution in [0, 0.1) is 0 Å². The van der Waals surface area contributed by atoms with Crippen molar-refractivity contribution in [3.8, 4) is 17.1 Å². The maximum Gasteiger partial charge on any atom is 0.277 e. The predicted molar refractivity (Wildman–Crippen MR) is 117 cm³/mol. The number of rotatable bonds is 6. The van der Waals surface area contributed by atoms with Gasteiger partial charge >= 0.3 is 0 Å². The van der Waals surface area contributed by atoms with E-state index in [2.05, 4.69) is 10.5 Å². The van der Waals surface area contributed by atoms with Crippen LogP contribution in [0.3, 0.4) is 0 Å². The summed E-state index contributed by atoms with van der Waals surface area (Å²) in [7, 11) is 0. The van der Waals surface area contributed by atoms with Crippen molar-refractivity contribution in [3.63, 3.8) is 0 Å². The fourth-order valence-electron chi connectivity index (χ4n) is 2.21. The molecule has 29 heavy (non-hydrogen) atoms. The lowest BCUT2D eigenvalue weighted by molar-refractivity contribution is -0.123. The van der Waals surface area contributed by atoms with Gasteiger partial charge in [0.15, 0.2) is 6.61 Å². The van der Waals surface area contributed by atoms with Crippen molar-refractivity contribution in [3.05, 3.63) is 73.3 Å². The molecule has 1 heterocycles. The first-order valence-electron chi connectivity index (χ1n) is 7.98. The third-order valence-corrected chi connectivity index (χ3v) is 5.10. The molecule has 3 aromatic rings. The van der Waals surface area contributed by atoms with Crippen molar-refractivity contribution in [2.75, 3.05) is 6.61 Å². The molecule has 0 saturated heterocycles. The molecule has 0 aliphatic rings. The molecule has 1 aromatic heterocycles. The second-order valence-electron chi connectivity index (χ2n) is 5.60. The van der Waals surface area contributed by atoms with E-state index >= 15 is 0 Å². The molecule has 0 aliphatic carbocycles. The van der Waals surface area contributed by atoms with Crippen molar-refractivity contribution in [1.82, 2.24) is 5.43 Å². The highest BCUT2D eigenvalue weighted by Gasteiger charge is 2.12. The molecule has 0 spiro atoms. The van der Waals surface area contributed by atoms with Gasteiger partial charge in [-0.05, 0) is 42.5 Å². The summed E-state index contributed by atoms with van der Waals surface area (Å²) < 4.78 is 10.9. The van der Waals surface area contributed by atoms with Gasteiger partial charge in [-0.15, -0.1) is 0 Å². The minimum Gasteiger partial charge on any atom is -0.482 e. The smallest absolute Gasteiger partial charge is 0.277 e. The summed E-state index contributed by atoms with van der Waals surface area (Å²) in [4.78, 5) is 11.8. The van der Waals surface area contributed by atoms with Gasteiger partial charge in [-0.1, -0.05) is 58.0 Å². The van der Waals surface area contributed by atoms with Gasteiger partial charge in [0.05, 0.1) is 26.3 Å². The average Bonchev–Trinajstić information content (AvgIpc) is 3.12. The summed E-state index contributed by atoms with van der Waals surface area (Å²) in [5, 5.41) is 5.68. The number of hydrogen-bond acceptors (Lipinski definition) is 4. The number of amides is 1. The topological polar surface area (TPSA) is 63.8 Å². The molecule has 10 heteroatoms.